The zero-order chi connectivity index (χ0) is 29.9. The van der Waals surface area contributed by atoms with E-state index in [1.54, 1.807) is 0 Å². The monoisotopic (exact) mass is 570 g/mol. The molecule has 0 spiro atoms. The summed E-state index contributed by atoms with van der Waals surface area (Å²) in [5.74, 6) is 0.879. The van der Waals surface area contributed by atoms with Gasteiger partial charge in [-0.3, -0.25) is 5.32 Å². The molecule has 6 aromatic rings. The first-order valence-electron chi connectivity index (χ1n) is 15.0. The minimum Gasteiger partial charge on any atom is -0.398 e. The minimum atomic E-state index is -0.231. The lowest BCUT2D eigenvalue weighted by Gasteiger charge is -2.32. The molecular weight excluding hydrogens is 536 g/mol. The molecule has 4 N–H and O–H groups in total. The van der Waals surface area contributed by atoms with E-state index in [1.807, 2.05) is 37.3 Å². The van der Waals surface area contributed by atoms with Gasteiger partial charge in [0.1, 0.15) is 18.2 Å². The van der Waals surface area contributed by atoms with Gasteiger partial charge in [0.05, 0.1) is 0 Å². The predicted octanol–water partition coefficient (Wildman–Crippen LogP) is 9.13. The molecule has 4 nitrogen and oxygen atoms in total. The molecule has 7 rings (SSSR count). The zero-order valence-corrected chi connectivity index (χ0v) is 24.6. The number of aliphatic imine (C=N–C) groups is 1. The smallest absolute Gasteiger partial charge is 0.131 e. The van der Waals surface area contributed by atoms with Crippen molar-refractivity contribution in [1.82, 2.24) is 10.6 Å². The number of benzene rings is 6. The third-order valence-corrected chi connectivity index (χ3v) is 8.29. The lowest BCUT2D eigenvalue weighted by Crippen LogP contribution is -2.45. The summed E-state index contributed by atoms with van der Waals surface area (Å²) >= 11 is 0. The van der Waals surface area contributed by atoms with Gasteiger partial charge in [-0.1, -0.05) is 152 Å². The van der Waals surface area contributed by atoms with Crippen LogP contribution in [0.15, 0.2) is 151 Å². The maximum absolute atomic E-state index is 6.53. The van der Waals surface area contributed by atoms with Crippen molar-refractivity contribution in [2.45, 2.75) is 19.3 Å². The Kier molecular flexibility index (Phi) is 7.49. The topological polar surface area (TPSA) is 62.4 Å². The third-order valence-electron chi connectivity index (χ3n) is 8.29. The average molecular weight is 571 g/mol. The molecule has 0 saturated carbocycles. The van der Waals surface area contributed by atoms with Gasteiger partial charge in [0.15, 0.2) is 0 Å². The van der Waals surface area contributed by atoms with E-state index >= 15 is 0 Å². The highest BCUT2D eigenvalue weighted by Crippen LogP contribution is 2.37. The van der Waals surface area contributed by atoms with Gasteiger partial charge in [-0.15, -0.1) is 0 Å². The number of nitrogens with one attached hydrogen (secondary N) is 2. The van der Waals surface area contributed by atoms with Crippen LogP contribution in [0.25, 0.3) is 39.1 Å². The maximum Gasteiger partial charge on any atom is 0.131 e. The summed E-state index contributed by atoms with van der Waals surface area (Å²) in [7, 11) is 0. The molecule has 6 aromatic carbocycles. The van der Waals surface area contributed by atoms with Crippen LogP contribution in [-0.2, 0) is 0 Å². The number of hydrogen-bond donors (Lipinski definition) is 3. The van der Waals surface area contributed by atoms with Gasteiger partial charge in [0, 0.05) is 16.8 Å². The molecular formula is C40H34N4. The molecule has 0 aromatic heterocycles. The van der Waals surface area contributed by atoms with E-state index in [4.69, 9.17) is 10.7 Å². The van der Waals surface area contributed by atoms with Crippen LogP contribution < -0.4 is 16.4 Å². The van der Waals surface area contributed by atoms with Crippen molar-refractivity contribution < 1.29 is 0 Å². The third kappa shape index (κ3) is 5.28. The van der Waals surface area contributed by atoms with Crippen LogP contribution in [0, 0.1) is 0 Å². The van der Waals surface area contributed by atoms with E-state index in [0.717, 1.165) is 44.9 Å². The first kappa shape index (κ1) is 27.4. The Labute approximate surface area is 258 Å². The molecule has 0 saturated heterocycles. The van der Waals surface area contributed by atoms with Gasteiger partial charge in [-0.2, -0.15) is 0 Å². The Morgan fingerprint density at radius 3 is 2.00 bits per heavy atom. The summed E-state index contributed by atoms with van der Waals surface area (Å²) in [6.45, 7) is 2.01. The molecule has 4 heteroatoms. The first-order chi connectivity index (χ1) is 21.7. The number of hydrogen-bond acceptors (Lipinski definition) is 4. The van der Waals surface area contributed by atoms with Crippen molar-refractivity contribution >= 4 is 28.4 Å². The highest BCUT2D eigenvalue weighted by atomic mass is 15.3. The molecule has 214 valence electrons. The highest BCUT2D eigenvalue weighted by Gasteiger charge is 2.26. The average Bonchev–Trinajstić information content (AvgIpc) is 3.09. The summed E-state index contributed by atoms with van der Waals surface area (Å²) in [4.78, 5) is 5.20. The van der Waals surface area contributed by atoms with Crippen molar-refractivity contribution in [2.24, 2.45) is 4.99 Å². The van der Waals surface area contributed by atoms with Crippen LogP contribution in [0.2, 0.25) is 0 Å². The van der Waals surface area contributed by atoms with Crippen LogP contribution in [0.5, 0.6) is 0 Å². The van der Waals surface area contributed by atoms with E-state index in [-0.39, 0.29) is 12.3 Å². The molecule has 1 aliphatic rings. The quantitative estimate of drug-likeness (QED) is 0.175. The number of allylic oxidation sites excluding steroid dienone is 1. The molecule has 2 atom stereocenters. The molecule has 0 fully saturated rings. The lowest BCUT2D eigenvalue weighted by molar-refractivity contribution is 0.410. The Morgan fingerprint density at radius 1 is 0.614 bits per heavy atom. The number of rotatable bonds is 6. The van der Waals surface area contributed by atoms with Gasteiger partial charge in [-0.25, -0.2) is 4.99 Å². The van der Waals surface area contributed by atoms with Crippen molar-refractivity contribution in [3.8, 4) is 22.3 Å². The van der Waals surface area contributed by atoms with Gasteiger partial charge < -0.3 is 11.1 Å². The van der Waals surface area contributed by atoms with Crippen molar-refractivity contribution in [1.29, 1.82) is 0 Å². The van der Waals surface area contributed by atoms with E-state index in [0.29, 0.717) is 0 Å². The van der Waals surface area contributed by atoms with Crippen LogP contribution in [0.4, 0.5) is 5.69 Å². The second-order valence-corrected chi connectivity index (χ2v) is 11.0. The molecule has 0 amide bonds. The first-order valence-corrected chi connectivity index (χ1v) is 15.0. The number of nitrogens with zero attached hydrogens (tertiary/aromatic N) is 1. The van der Waals surface area contributed by atoms with Gasteiger partial charge in [-0.05, 0) is 51.1 Å². The maximum atomic E-state index is 6.53. The number of para-hydroxylation sites is 1. The number of nitrogens with two attached hydrogens (primary N) is 1. The fraction of sp³-hybridized carbons (Fsp3) is 0.0750. The largest absolute Gasteiger partial charge is 0.398 e. The number of anilines is 1. The predicted molar refractivity (Wildman–Crippen MR) is 185 cm³/mol. The fourth-order valence-electron chi connectivity index (χ4n) is 6.08. The van der Waals surface area contributed by atoms with Crippen LogP contribution in [0.1, 0.15) is 41.5 Å². The van der Waals surface area contributed by atoms with E-state index < -0.39 is 0 Å². The lowest BCUT2D eigenvalue weighted by atomic mass is 9.92. The van der Waals surface area contributed by atoms with E-state index in [2.05, 4.69) is 132 Å². The van der Waals surface area contributed by atoms with Crippen LogP contribution >= 0.6 is 0 Å². The molecule has 1 aliphatic heterocycles. The van der Waals surface area contributed by atoms with Gasteiger partial charge >= 0.3 is 0 Å². The van der Waals surface area contributed by atoms with Crippen molar-refractivity contribution in [3.05, 3.63) is 168 Å². The summed E-state index contributed by atoms with van der Waals surface area (Å²) in [5, 5.41) is 9.77. The second-order valence-electron chi connectivity index (χ2n) is 11.0. The second kappa shape index (κ2) is 12.0. The van der Waals surface area contributed by atoms with Crippen LogP contribution in [0.3, 0.4) is 0 Å². The Balaban J connectivity index is 1.28. The van der Waals surface area contributed by atoms with E-state index in [9.17, 15) is 0 Å². The molecule has 0 radical (unpaired) electrons. The number of fused-ring (bicyclic) bond motifs is 1. The summed E-state index contributed by atoms with van der Waals surface area (Å²) in [6.07, 6.45) is 3.75. The number of amidine groups is 1. The molecule has 0 aliphatic carbocycles. The standard InChI is InChI=1S/C40H34N4/c1-2-12-29-17-11-20-33(37(29)41)28-23-21-27(22-24-28)32-25-26-36(35-19-10-9-18-34(32)35)40-43-38(30-13-5-3-6-14-30)42-39(44-40)31-15-7-4-8-16-31/h2-26,38,40,43H,41H2,1H3,(H,42,44)/b12-2-. The summed E-state index contributed by atoms with van der Waals surface area (Å²) < 4.78 is 0. The van der Waals surface area contributed by atoms with E-state index in [1.165, 1.54) is 21.9 Å². The van der Waals surface area contributed by atoms with Gasteiger partial charge in [0.2, 0.25) is 0 Å². The van der Waals surface area contributed by atoms with Gasteiger partial charge in [0.25, 0.3) is 0 Å². The Hall–Kier alpha value is -5.45. The normalized spacial score (nSPS) is 16.5. The Morgan fingerprint density at radius 2 is 1.27 bits per heavy atom. The highest BCUT2D eigenvalue weighted by molar-refractivity contribution is 6.01. The molecule has 1 heterocycles. The Bertz CT molecular complexity index is 1980. The minimum absolute atomic E-state index is 0.0846. The van der Waals surface area contributed by atoms with Crippen LogP contribution in [-0.4, -0.2) is 5.84 Å². The summed E-state index contributed by atoms with van der Waals surface area (Å²) in [5.41, 5.74) is 16.2. The van der Waals surface area contributed by atoms with Crippen molar-refractivity contribution in [3.63, 3.8) is 0 Å². The fourth-order valence-corrected chi connectivity index (χ4v) is 6.08. The molecule has 44 heavy (non-hydrogen) atoms. The molecule has 0 bridgehead atoms. The number of nitrogen functional groups attached to an aromatic ring is 1. The summed E-state index contributed by atoms with van der Waals surface area (Å²) in [6, 6.07) is 48.8. The zero-order valence-electron chi connectivity index (χ0n) is 24.6. The van der Waals surface area contributed by atoms with Crippen molar-refractivity contribution in [2.75, 3.05) is 5.73 Å². The molecule has 2 unspecified atom stereocenters. The SMILES string of the molecule is C/C=C\c1cccc(-c2ccc(-c3ccc(C4N=C(c5ccccc5)NC(c5ccccc5)N4)c4ccccc34)cc2)c1N.